The molecule has 5 rings (SSSR count). The number of carbonyl (C=O) groups is 1. The summed E-state index contributed by atoms with van der Waals surface area (Å²) in [7, 11) is 5.71. The van der Waals surface area contributed by atoms with Crippen LogP contribution in [0.25, 0.3) is 0 Å². The maximum absolute atomic E-state index is 13.5. The van der Waals surface area contributed by atoms with Gasteiger partial charge in [-0.25, -0.2) is 5.48 Å². The Kier molecular flexibility index (Phi) is 6.65. The zero-order valence-corrected chi connectivity index (χ0v) is 22.0. The van der Waals surface area contributed by atoms with Crippen molar-refractivity contribution in [2.75, 3.05) is 28.4 Å². The van der Waals surface area contributed by atoms with Crippen LogP contribution in [0.15, 0.2) is 60.7 Å². The summed E-state index contributed by atoms with van der Waals surface area (Å²) >= 11 is 6.73. The van der Waals surface area contributed by atoms with Gasteiger partial charge in [0.15, 0.2) is 17.0 Å². The van der Waals surface area contributed by atoms with E-state index in [1.165, 1.54) is 27.4 Å². The minimum Gasteiger partial charge on any atom is -0.497 e. The van der Waals surface area contributed by atoms with Crippen molar-refractivity contribution < 1.29 is 38.8 Å². The summed E-state index contributed by atoms with van der Waals surface area (Å²) in [6, 6.07) is 17.5. The third-order valence-electron chi connectivity index (χ3n) is 7.55. The topological polar surface area (TPSA) is 116 Å². The van der Waals surface area contributed by atoms with Gasteiger partial charge in [-0.15, -0.1) is 0 Å². The highest BCUT2D eigenvalue weighted by molar-refractivity contribution is 6.34. The van der Waals surface area contributed by atoms with Crippen LogP contribution in [0.1, 0.15) is 22.6 Å². The molecule has 0 radical (unpaired) electrons. The molecule has 38 heavy (non-hydrogen) atoms. The van der Waals surface area contributed by atoms with Crippen LogP contribution in [-0.4, -0.2) is 50.7 Å². The average molecular weight is 542 g/mol. The Bertz CT molecular complexity index is 1350. The van der Waals surface area contributed by atoms with Gasteiger partial charge < -0.3 is 29.2 Å². The first-order valence-corrected chi connectivity index (χ1v) is 12.2. The van der Waals surface area contributed by atoms with E-state index in [0.717, 1.165) is 0 Å². The first kappa shape index (κ1) is 26.1. The van der Waals surface area contributed by atoms with Crippen LogP contribution in [0.4, 0.5) is 0 Å². The molecule has 2 aliphatic rings. The number of aliphatic hydroxyl groups excluding tert-OH is 1. The third-order valence-corrected chi connectivity index (χ3v) is 7.91. The number of ether oxygens (including phenoxy) is 4. The Hall–Kier alpha value is -3.50. The van der Waals surface area contributed by atoms with E-state index in [4.69, 9.17) is 35.4 Å². The fraction of sp³-hybridized carbons (Fsp3) is 0.321. The molecular formula is C28H28ClNO8. The van der Waals surface area contributed by atoms with Gasteiger partial charge in [-0.3, -0.25) is 9.63 Å². The lowest BCUT2D eigenvalue weighted by Crippen LogP contribution is -2.52. The van der Waals surface area contributed by atoms with Gasteiger partial charge in [-0.2, -0.15) is 0 Å². The Balaban J connectivity index is 1.90. The number of hydrogen-bond donors (Lipinski definition) is 3. The lowest BCUT2D eigenvalue weighted by molar-refractivity contribution is -0.157. The minimum absolute atomic E-state index is 0.0896. The van der Waals surface area contributed by atoms with Gasteiger partial charge >= 0.3 is 0 Å². The zero-order valence-electron chi connectivity index (χ0n) is 21.2. The van der Waals surface area contributed by atoms with E-state index in [2.05, 4.69) is 5.48 Å². The molecule has 10 heteroatoms. The van der Waals surface area contributed by atoms with E-state index in [9.17, 15) is 15.0 Å². The molecular weight excluding hydrogens is 514 g/mol. The van der Waals surface area contributed by atoms with Crippen molar-refractivity contribution in [2.24, 2.45) is 5.92 Å². The average Bonchev–Trinajstić information content (AvgIpc) is 3.33. The monoisotopic (exact) mass is 541 g/mol. The summed E-state index contributed by atoms with van der Waals surface area (Å²) in [5.41, 5.74) is -0.366. The van der Waals surface area contributed by atoms with E-state index in [1.54, 1.807) is 31.4 Å². The van der Waals surface area contributed by atoms with Crippen LogP contribution in [-0.2, 0) is 20.8 Å². The first-order chi connectivity index (χ1) is 18.3. The summed E-state index contributed by atoms with van der Waals surface area (Å²) in [5, 5.41) is 24.8. The van der Waals surface area contributed by atoms with Crippen LogP contribution in [0, 0.1) is 5.92 Å². The summed E-state index contributed by atoms with van der Waals surface area (Å²) < 4.78 is 23.2. The van der Waals surface area contributed by atoms with Crippen molar-refractivity contribution in [3.05, 3.63) is 82.4 Å². The number of benzene rings is 3. The molecule has 5 atom stereocenters. The van der Waals surface area contributed by atoms with Gasteiger partial charge in [0, 0.05) is 12.0 Å². The van der Waals surface area contributed by atoms with Gasteiger partial charge in [0.2, 0.25) is 5.91 Å². The van der Waals surface area contributed by atoms with Crippen LogP contribution in [0.2, 0.25) is 5.02 Å². The number of aliphatic hydroxyl groups is 2. The maximum Gasteiger partial charge on any atom is 0.250 e. The number of carbonyl (C=O) groups excluding carboxylic acids is 1. The van der Waals surface area contributed by atoms with Crippen molar-refractivity contribution in [3.8, 4) is 23.0 Å². The van der Waals surface area contributed by atoms with Crippen LogP contribution >= 0.6 is 11.6 Å². The fourth-order valence-corrected chi connectivity index (χ4v) is 6.27. The molecule has 0 bridgehead atoms. The van der Waals surface area contributed by atoms with Crippen LogP contribution in [0.3, 0.4) is 0 Å². The SMILES string of the molecule is CONC(=O)[C@H]1[C@@H](O)[C@@]2(O)c3c(OC)cc(OC)c(Cl)c3O[C@@]2(c2ccc(OC)cc2)[C@@H]1c1ccccc1. The molecule has 1 amide bonds. The molecule has 0 unspecified atom stereocenters. The molecule has 3 N–H and O–H groups in total. The number of rotatable bonds is 7. The molecule has 0 aromatic heterocycles. The van der Waals surface area contributed by atoms with Gasteiger partial charge in [0.1, 0.15) is 28.4 Å². The Morgan fingerprint density at radius 2 is 1.63 bits per heavy atom. The predicted molar refractivity (Wildman–Crippen MR) is 138 cm³/mol. The van der Waals surface area contributed by atoms with Crippen molar-refractivity contribution in [2.45, 2.75) is 23.2 Å². The van der Waals surface area contributed by atoms with Crippen molar-refractivity contribution in [1.29, 1.82) is 0 Å². The molecule has 1 saturated carbocycles. The number of nitrogens with one attached hydrogen (secondary N) is 1. The third kappa shape index (κ3) is 3.39. The molecule has 0 spiro atoms. The molecule has 3 aromatic rings. The van der Waals surface area contributed by atoms with Gasteiger partial charge in [0.05, 0.1) is 39.9 Å². The minimum atomic E-state index is -2.20. The molecule has 200 valence electrons. The smallest absolute Gasteiger partial charge is 0.250 e. The first-order valence-electron chi connectivity index (χ1n) is 11.9. The Morgan fingerprint density at radius 1 is 0.974 bits per heavy atom. The van der Waals surface area contributed by atoms with Crippen molar-refractivity contribution >= 4 is 17.5 Å². The zero-order chi connectivity index (χ0) is 27.2. The van der Waals surface area contributed by atoms with Gasteiger partial charge in [0.25, 0.3) is 0 Å². The molecule has 1 aliphatic carbocycles. The summed E-state index contributed by atoms with van der Waals surface area (Å²) in [6.07, 6.45) is -1.68. The molecule has 1 fully saturated rings. The lowest BCUT2D eigenvalue weighted by atomic mass is 9.70. The number of fused-ring (bicyclic) bond motifs is 3. The Labute approximate surface area is 224 Å². The number of hydrogen-bond acceptors (Lipinski definition) is 8. The lowest BCUT2D eigenvalue weighted by Gasteiger charge is -2.40. The van der Waals surface area contributed by atoms with E-state index in [1.807, 2.05) is 30.3 Å². The summed E-state index contributed by atoms with van der Waals surface area (Å²) in [5.74, 6) is -1.65. The van der Waals surface area contributed by atoms with Crippen molar-refractivity contribution in [3.63, 3.8) is 0 Å². The second kappa shape index (κ2) is 9.67. The quantitative estimate of drug-likeness (QED) is 0.390. The number of amides is 1. The highest BCUT2D eigenvalue weighted by Crippen LogP contribution is 2.71. The molecule has 0 saturated heterocycles. The highest BCUT2D eigenvalue weighted by atomic mass is 35.5. The van der Waals surface area contributed by atoms with E-state index in [-0.39, 0.29) is 27.8 Å². The predicted octanol–water partition coefficient (Wildman–Crippen LogP) is 3.29. The van der Waals surface area contributed by atoms with E-state index in [0.29, 0.717) is 16.9 Å². The molecule has 1 heterocycles. The second-order valence-electron chi connectivity index (χ2n) is 9.16. The number of methoxy groups -OCH3 is 3. The maximum atomic E-state index is 13.5. The fourth-order valence-electron chi connectivity index (χ4n) is 6.01. The summed E-state index contributed by atoms with van der Waals surface area (Å²) in [4.78, 5) is 18.4. The van der Waals surface area contributed by atoms with Gasteiger partial charge in [-0.1, -0.05) is 54.1 Å². The highest BCUT2D eigenvalue weighted by Gasteiger charge is 2.78. The second-order valence-corrected chi connectivity index (χ2v) is 9.54. The number of hydroxylamine groups is 1. The van der Waals surface area contributed by atoms with Crippen molar-refractivity contribution in [1.82, 2.24) is 5.48 Å². The normalized spacial score (nSPS) is 27.2. The molecule has 3 aromatic carbocycles. The Morgan fingerprint density at radius 3 is 2.21 bits per heavy atom. The standard InChI is InChI=1S/C28H28ClNO8/c1-34-17-12-10-16(11-13-17)28-21(15-8-6-5-7-9-15)20(26(32)30-37-4)25(31)27(28,33)22-18(35-2)14-19(36-3)23(29)24(22)38-28/h5-14,20-21,25,31,33H,1-4H3,(H,30,32)/t20-,21-,25-,27+,28+/m1/s1. The van der Waals surface area contributed by atoms with Crippen LogP contribution < -0.4 is 24.4 Å². The van der Waals surface area contributed by atoms with E-state index >= 15 is 0 Å². The van der Waals surface area contributed by atoms with Gasteiger partial charge in [-0.05, 0) is 23.3 Å². The molecule has 9 nitrogen and oxygen atoms in total. The van der Waals surface area contributed by atoms with Crippen LogP contribution in [0.5, 0.6) is 23.0 Å². The molecule has 1 aliphatic heterocycles. The van der Waals surface area contributed by atoms with E-state index < -0.39 is 35.0 Å². The number of halogens is 1. The summed E-state index contributed by atoms with van der Waals surface area (Å²) in [6.45, 7) is 0. The largest absolute Gasteiger partial charge is 0.497 e.